The van der Waals surface area contributed by atoms with E-state index in [1.54, 1.807) is 6.92 Å². The molecule has 0 aliphatic carbocycles. The zero-order valence-electron chi connectivity index (χ0n) is 18.8. The second-order valence-corrected chi connectivity index (χ2v) is 6.94. The summed E-state index contributed by atoms with van der Waals surface area (Å²) in [5, 5.41) is 0. The maximum Gasteiger partial charge on any atom is 0.513 e. The van der Waals surface area contributed by atoms with Crippen molar-refractivity contribution in [3.05, 3.63) is 23.8 Å². The van der Waals surface area contributed by atoms with Gasteiger partial charge in [0.1, 0.15) is 5.54 Å². The minimum atomic E-state index is -1.54. The molecule has 11 heteroatoms. The molecule has 2 N–H and O–H groups in total. The van der Waals surface area contributed by atoms with Crippen molar-refractivity contribution in [3.63, 3.8) is 0 Å². The summed E-state index contributed by atoms with van der Waals surface area (Å²) in [7, 11) is 3.41. The van der Waals surface area contributed by atoms with E-state index in [1.807, 2.05) is 6.92 Å². The third kappa shape index (κ3) is 7.73. The molecule has 0 bridgehead atoms. The van der Waals surface area contributed by atoms with Gasteiger partial charge in [0.2, 0.25) is 0 Å². The lowest BCUT2D eigenvalue weighted by atomic mass is 9.88. The van der Waals surface area contributed by atoms with Crippen LogP contribution in [0.15, 0.2) is 18.2 Å². The van der Waals surface area contributed by atoms with Gasteiger partial charge in [-0.15, -0.1) is 0 Å². The van der Waals surface area contributed by atoms with Crippen LogP contribution in [-0.2, 0) is 35.0 Å². The fraction of sp³-hybridized carbons (Fsp3) is 0.524. The van der Waals surface area contributed by atoms with Crippen molar-refractivity contribution in [3.8, 4) is 11.5 Å². The highest BCUT2D eigenvalue weighted by Crippen LogP contribution is 2.31. The molecular weight excluding hydrogens is 426 g/mol. The van der Waals surface area contributed by atoms with Crippen molar-refractivity contribution in [1.29, 1.82) is 0 Å². The zero-order valence-corrected chi connectivity index (χ0v) is 18.8. The molecule has 0 aliphatic rings. The molecule has 178 valence electrons. The number of hydrogen-bond donors (Lipinski definition) is 1. The highest BCUT2D eigenvalue weighted by molar-refractivity contribution is 5.81. The molecular formula is C21H29NO10. The highest BCUT2D eigenvalue weighted by atomic mass is 16.7. The van der Waals surface area contributed by atoms with E-state index in [9.17, 15) is 19.2 Å². The van der Waals surface area contributed by atoms with E-state index >= 15 is 0 Å². The topological polar surface area (TPSA) is 150 Å². The Morgan fingerprint density at radius 1 is 0.969 bits per heavy atom. The van der Waals surface area contributed by atoms with Gasteiger partial charge in [-0.2, -0.15) is 0 Å². The maximum absolute atomic E-state index is 12.4. The average molecular weight is 455 g/mol. The first-order chi connectivity index (χ1) is 15.1. The van der Waals surface area contributed by atoms with Crippen LogP contribution in [0.4, 0.5) is 9.59 Å². The second kappa shape index (κ2) is 12.5. The van der Waals surface area contributed by atoms with Crippen LogP contribution in [-0.4, -0.2) is 57.7 Å². The fourth-order valence-electron chi connectivity index (χ4n) is 2.56. The summed E-state index contributed by atoms with van der Waals surface area (Å²) in [5.41, 5.74) is 5.20. The SMILES string of the molecule is CCC(C)C(=O)OCC[C@@](N)(Cc1ccc(OC(=O)OC)c(OC(=O)OC)c1)C(=O)OC. The van der Waals surface area contributed by atoms with Gasteiger partial charge in [0, 0.05) is 12.8 Å². The Balaban J connectivity index is 3.10. The molecule has 2 atom stereocenters. The van der Waals surface area contributed by atoms with Crippen LogP contribution in [0, 0.1) is 5.92 Å². The third-order valence-corrected chi connectivity index (χ3v) is 4.65. The lowest BCUT2D eigenvalue weighted by Crippen LogP contribution is -2.51. The molecule has 1 rings (SSSR count). The van der Waals surface area contributed by atoms with Gasteiger partial charge in [0.25, 0.3) is 0 Å². The smallest absolute Gasteiger partial charge is 0.468 e. The second-order valence-electron chi connectivity index (χ2n) is 6.94. The Hall–Kier alpha value is -3.34. The molecule has 0 aromatic heterocycles. The van der Waals surface area contributed by atoms with Crippen molar-refractivity contribution in [2.75, 3.05) is 27.9 Å². The molecule has 0 fully saturated rings. The molecule has 11 nitrogen and oxygen atoms in total. The van der Waals surface area contributed by atoms with Gasteiger partial charge in [0.15, 0.2) is 11.5 Å². The molecule has 1 unspecified atom stereocenters. The molecule has 0 saturated heterocycles. The minimum Gasteiger partial charge on any atom is -0.468 e. The molecule has 0 amide bonds. The van der Waals surface area contributed by atoms with Gasteiger partial charge < -0.3 is 34.2 Å². The summed E-state index contributed by atoms with van der Waals surface area (Å²) in [6.45, 7) is 3.50. The Morgan fingerprint density at radius 3 is 2.09 bits per heavy atom. The van der Waals surface area contributed by atoms with E-state index in [4.69, 9.17) is 24.7 Å². The van der Waals surface area contributed by atoms with E-state index < -0.39 is 29.8 Å². The largest absolute Gasteiger partial charge is 0.513 e. The van der Waals surface area contributed by atoms with Crippen molar-refractivity contribution >= 4 is 24.2 Å². The van der Waals surface area contributed by atoms with Crippen LogP contribution in [0.3, 0.4) is 0 Å². The number of carbonyl (C=O) groups excluding carboxylic acids is 4. The van der Waals surface area contributed by atoms with Crippen LogP contribution in [0.25, 0.3) is 0 Å². The Kier molecular flexibility index (Phi) is 10.4. The number of rotatable bonds is 10. The summed E-state index contributed by atoms with van der Waals surface area (Å²) in [5.74, 6) is -1.66. The summed E-state index contributed by atoms with van der Waals surface area (Å²) < 4.78 is 28.9. The molecule has 1 aromatic carbocycles. The van der Waals surface area contributed by atoms with Gasteiger partial charge in [-0.05, 0) is 24.1 Å². The first kappa shape index (κ1) is 26.7. The molecule has 0 aliphatic heterocycles. The van der Waals surface area contributed by atoms with Crippen LogP contribution < -0.4 is 15.2 Å². The van der Waals surface area contributed by atoms with E-state index in [2.05, 4.69) is 9.47 Å². The maximum atomic E-state index is 12.4. The summed E-state index contributed by atoms with van der Waals surface area (Å²) >= 11 is 0. The van der Waals surface area contributed by atoms with Crippen molar-refractivity contribution < 1.29 is 47.6 Å². The predicted molar refractivity (Wildman–Crippen MR) is 110 cm³/mol. The first-order valence-corrected chi connectivity index (χ1v) is 9.78. The van der Waals surface area contributed by atoms with Gasteiger partial charge >= 0.3 is 24.2 Å². The number of methoxy groups -OCH3 is 3. The van der Waals surface area contributed by atoms with Crippen molar-refractivity contribution in [2.24, 2.45) is 11.7 Å². The van der Waals surface area contributed by atoms with Crippen LogP contribution >= 0.6 is 0 Å². The van der Waals surface area contributed by atoms with Gasteiger partial charge in [0.05, 0.1) is 33.9 Å². The number of esters is 2. The quantitative estimate of drug-likeness (QED) is 0.315. The summed E-state index contributed by atoms with van der Waals surface area (Å²) in [6, 6.07) is 4.20. The Labute approximate surface area is 186 Å². The molecule has 0 radical (unpaired) electrons. The number of carbonyl (C=O) groups is 4. The van der Waals surface area contributed by atoms with Crippen molar-refractivity contribution in [1.82, 2.24) is 0 Å². The van der Waals surface area contributed by atoms with E-state index in [1.165, 1.54) is 25.3 Å². The third-order valence-electron chi connectivity index (χ3n) is 4.65. The lowest BCUT2D eigenvalue weighted by Gasteiger charge is -2.27. The van der Waals surface area contributed by atoms with Crippen molar-refractivity contribution in [2.45, 2.75) is 38.6 Å². The van der Waals surface area contributed by atoms with E-state index in [0.717, 1.165) is 14.2 Å². The number of nitrogens with two attached hydrogens (primary N) is 1. The number of benzene rings is 1. The lowest BCUT2D eigenvalue weighted by molar-refractivity contribution is -0.153. The Morgan fingerprint density at radius 2 is 1.56 bits per heavy atom. The van der Waals surface area contributed by atoms with Gasteiger partial charge in [-0.3, -0.25) is 9.59 Å². The molecule has 0 saturated carbocycles. The zero-order chi connectivity index (χ0) is 24.3. The average Bonchev–Trinajstić information content (AvgIpc) is 2.78. The van der Waals surface area contributed by atoms with Crippen LogP contribution in [0.2, 0.25) is 0 Å². The number of hydrogen-bond acceptors (Lipinski definition) is 11. The standard InChI is InChI=1S/C21H29NO10/c1-6-13(2)17(23)30-10-9-21(22,18(24)27-3)12-14-7-8-15(31-19(25)28-4)16(11-14)32-20(26)29-5/h7-8,11,13H,6,9-10,12,22H2,1-5H3/t13?,21-/m1/s1. The highest BCUT2D eigenvalue weighted by Gasteiger charge is 2.36. The minimum absolute atomic E-state index is 0.0184. The predicted octanol–water partition coefficient (Wildman–Crippen LogP) is 2.37. The Bertz CT molecular complexity index is 825. The van der Waals surface area contributed by atoms with Gasteiger partial charge in [-0.1, -0.05) is 19.9 Å². The summed E-state index contributed by atoms with van der Waals surface area (Å²) in [6.07, 6.45) is -1.54. The van der Waals surface area contributed by atoms with E-state index in [0.29, 0.717) is 12.0 Å². The molecule has 0 spiro atoms. The fourth-order valence-corrected chi connectivity index (χ4v) is 2.56. The monoisotopic (exact) mass is 455 g/mol. The van der Waals surface area contributed by atoms with Crippen LogP contribution in [0.1, 0.15) is 32.3 Å². The molecule has 1 aromatic rings. The van der Waals surface area contributed by atoms with Gasteiger partial charge in [-0.25, -0.2) is 9.59 Å². The molecule has 32 heavy (non-hydrogen) atoms. The normalized spacial score (nSPS) is 13.2. The number of ether oxygens (including phenoxy) is 6. The summed E-state index contributed by atoms with van der Waals surface area (Å²) in [4.78, 5) is 47.3. The molecule has 0 heterocycles. The first-order valence-electron chi connectivity index (χ1n) is 9.78. The van der Waals surface area contributed by atoms with Crippen LogP contribution in [0.5, 0.6) is 11.5 Å². The van der Waals surface area contributed by atoms with E-state index in [-0.39, 0.29) is 36.9 Å².